The van der Waals surface area contributed by atoms with Crippen molar-refractivity contribution in [3.05, 3.63) is 76.1 Å². The van der Waals surface area contributed by atoms with Crippen LogP contribution in [-0.2, 0) is 0 Å². The van der Waals surface area contributed by atoms with E-state index in [1.807, 2.05) is 42.5 Å². The molecule has 0 aliphatic carbocycles. The van der Waals surface area contributed by atoms with Gasteiger partial charge in [0.15, 0.2) is 16.6 Å². The van der Waals surface area contributed by atoms with E-state index in [-0.39, 0.29) is 5.56 Å². The van der Waals surface area contributed by atoms with Gasteiger partial charge < -0.3 is 4.74 Å². The average molecular weight is 392 g/mol. The number of H-pyrrole nitrogens is 1. The highest BCUT2D eigenvalue weighted by Crippen LogP contribution is 2.22. The Kier molecular flexibility index (Phi) is 5.16. The highest BCUT2D eigenvalue weighted by molar-refractivity contribution is 7.99. The number of fused-ring (bicyclic) bond motifs is 1. The van der Waals surface area contributed by atoms with Crippen LogP contribution in [0.2, 0.25) is 0 Å². The summed E-state index contributed by atoms with van der Waals surface area (Å²) in [4.78, 5) is 20.9. The number of ether oxygens (including phenoxy) is 1. The van der Waals surface area contributed by atoms with Crippen LogP contribution in [0.3, 0.4) is 0 Å². The second-order valence-corrected chi connectivity index (χ2v) is 7.59. The summed E-state index contributed by atoms with van der Waals surface area (Å²) in [5.74, 6) is 2.15. The van der Waals surface area contributed by atoms with E-state index < -0.39 is 0 Å². The lowest BCUT2D eigenvalue weighted by Crippen LogP contribution is -2.07. The fourth-order valence-electron chi connectivity index (χ4n) is 3.01. The molecule has 0 aliphatic rings. The number of aromatic nitrogens is 4. The first-order valence-corrected chi connectivity index (χ1v) is 9.96. The zero-order valence-electron chi connectivity index (χ0n) is 15.7. The smallest absolute Gasteiger partial charge is 0.266 e. The number of aryl methyl sites for hydroxylation is 2. The summed E-state index contributed by atoms with van der Waals surface area (Å²) < 4.78 is 7.50. The average Bonchev–Trinajstić information content (AvgIpc) is 3.05. The summed E-state index contributed by atoms with van der Waals surface area (Å²) in [5, 5.41) is 3.43. The first kappa shape index (κ1) is 18.3. The van der Waals surface area contributed by atoms with Gasteiger partial charge in [-0.05, 0) is 37.1 Å². The van der Waals surface area contributed by atoms with Crippen LogP contribution in [0.1, 0.15) is 11.1 Å². The molecular formula is C21H20N4O2S. The zero-order chi connectivity index (χ0) is 19.5. The number of thioether (sulfide) groups is 1. The maximum absolute atomic E-state index is 11.8. The van der Waals surface area contributed by atoms with Gasteiger partial charge in [-0.3, -0.25) is 9.89 Å². The summed E-state index contributed by atoms with van der Waals surface area (Å²) in [6.45, 7) is 4.64. The van der Waals surface area contributed by atoms with Crippen molar-refractivity contribution in [1.82, 2.24) is 19.6 Å². The van der Waals surface area contributed by atoms with Crippen LogP contribution in [-0.4, -0.2) is 31.9 Å². The molecule has 0 radical (unpaired) electrons. The van der Waals surface area contributed by atoms with E-state index in [0.717, 1.165) is 11.3 Å². The molecule has 1 N–H and O–H groups in total. The third-order valence-electron chi connectivity index (χ3n) is 4.13. The molecule has 0 atom stereocenters. The second kappa shape index (κ2) is 7.90. The molecular weight excluding hydrogens is 372 g/mol. The molecule has 28 heavy (non-hydrogen) atoms. The lowest BCUT2D eigenvalue weighted by molar-refractivity contribution is 0.343. The van der Waals surface area contributed by atoms with Gasteiger partial charge >= 0.3 is 0 Å². The molecule has 7 heteroatoms. The highest BCUT2D eigenvalue weighted by Gasteiger charge is 2.11. The number of hydrogen-bond donors (Lipinski definition) is 1. The van der Waals surface area contributed by atoms with Crippen LogP contribution in [0.15, 0.2) is 64.5 Å². The number of benzene rings is 2. The van der Waals surface area contributed by atoms with E-state index in [4.69, 9.17) is 4.74 Å². The Hall–Kier alpha value is -3.06. The van der Waals surface area contributed by atoms with Crippen molar-refractivity contribution in [2.75, 3.05) is 12.4 Å². The van der Waals surface area contributed by atoms with Gasteiger partial charge in [-0.2, -0.15) is 0 Å². The minimum Gasteiger partial charge on any atom is -0.493 e. The molecule has 6 nitrogen and oxygen atoms in total. The fourth-order valence-corrected chi connectivity index (χ4v) is 3.77. The minimum absolute atomic E-state index is 0.201. The molecule has 0 unspecified atom stereocenters. The Morgan fingerprint density at radius 2 is 1.79 bits per heavy atom. The second-order valence-electron chi connectivity index (χ2n) is 6.53. The lowest BCUT2D eigenvalue weighted by Gasteiger charge is -2.09. The SMILES string of the molecule is Cc1cc(C)cc(OCCSc2nc(-c3ccccc3)nc3cc(=O)[nH]n23)c1. The van der Waals surface area contributed by atoms with Gasteiger partial charge in [0.05, 0.1) is 6.61 Å². The highest BCUT2D eigenvalue weighted by atomic mass is 32.2. The normalized spacial score (nSPS) is 11.1. The van der Waals surface area contributed by atoms with E-state index >= 15 is 0 Å². The first-order valence-electron chi connectivity index (χ1n) is 8.98. The van der Waals surface area contributed by atoms with Crippen LogP contribution < -0.4 is 10.3 Å². The van der Waals surface area contributed by atoms with E-state index in [2.05, 4.69) is 35.0 Å². The van der Waals surface area contributed by atoms with Gasteiger partial charge in [0.1, 0.15) is 5.75 Å². The molecule has 4 aromatic rings. The standard InChI is InChI=1S/C21H20N4O2S/c1-14-10-15(2)12-17(11-14)27-8-9-28-21-23-20(16-6-4-3-5-7-16)22-18-13-19(26)24-25(18)21/h3-7,10-13H,8-9H2,1-2H3,(H,24,26). The van der Waals surface area contributed by atoms with Crippen LogP contribution >= 0.6 is 11.8 Å². The molecule has 2 aromatic carbocycles. The Bertz CT molecular complexity index is 1150. The largest absolute Gasteiger partial charge is 0.493 e. The zero-order valence-corrected chi connectivity index (χ0v) is 16.5. The summed E-state index contributed by atoms with van der Waals surface area (Å²) in [7, 11) is 0. The maximum atomic E-state index is 11.8. The van der Waals surface area contributed by atoms with E-state index in [1.165, 1.54) is 29.0 Å². The summed E-state index contributed by atoms with van der Waals surface area (Å²) in [5.41, 5.74) is 3.62. The summed E-state index contributed by atoms with van der Waals surface area (Å²) in [6.07, 6.45) is 0. The van der Waals surface area contributed by atoms with Crippen molar-refractivity contribution in [1.29, 1.82) is 0 Å². The van der Waals surface area contributed by atoms with Crippen molar-refractivity contribution >= 4 is 17.4 Å². The number of rotatable bonds is 6. The Labute approximate surface area is 166 Å². The number of nitrogens with one attached hydrogen (secondary N) is 1. The summed E-state index contributed by atoms with van der Waals surface area (Å²) in [6, 6.07) is 17.4. The van der Waals surface area contributed by atoms with Gasteiger partial charge in [0.2, 0.25) is 0 Å². The topological polar surface area (TPSA) is 72.3 Å². The monoisotopic (exact) mass is 392 g/mol. The van der Waals surface area contributed by atoms with Crippen molar-refractivity contribution in [3.63, 3.8) is 0 Å². The molecule has 4 rings (SSSR count). The first-order chi connectivity index (χ1) is 13.6. The fraction of sp³-hybridized carbons (Fsp3) is 0.190. The van der Waals surface area contributed by atoms with E-state index in [1.54, 1.807) is 4.52 Å². The molecule has 0 aliphatic heterocycles. The number of hydrogen-bond acceptors (Lipinski definition) is 5. The van der Waals surface area contributed by atoms with Gasteiger partial charge in [0.25, 0.3) is 5.56 Å². The van der Waals surface area contributed by atoms with Crippen molar-refractivity contribution in [3.8, 4) is 17.1 Å². The maximum Gasteiger partial charge on any atom is 0.266 e. The van der Waals surface area contributed by atoms with Crippen molar-refractivity contribution < 1.29 is 4.74 Å². The molecule has 2 aromatic heterocycles. The third-order valence-corrected chi connectivity index (χ3v) is 5.04. The Morgan fingerprint density at radius 3 is 2.54 bits per heavy atom. The van der Waals surface area contributed by atoms with Gasteiger partial charge in [0, 0.05) is 17.4 Å². The van der Waals surface area contributed by atoms with Gasteiger partial charge in [-0.15, -0.1) is 0 Å². The molecule has 0 saturated heterocycles. The Morgan fingerprint density at radius 1 is 1.04 bits per heavy atom. The molecule has 0 spiro atoms. The van der Waals surface area contributed by atoms with Gasteiger partial charge in [-0.1, -0.05) is 48.2 Å². The lowest BCUT2D eigenvalue weighted by atomic mass is 10.1. The molecule has 0 amide bonds. The van der Waals surface area contributed by atoms with Crippen molar-refractivity contribution in [2.24, 2.45) is 0 Å². The number of nitrogens with zero attached hydrogens (tertiary/aromatic N) is 3. The van der Waals surface area contributed by atoms with Crippen molar-refractivity contribution in [2.45, 2.75) is 19.0 Å². The third kappa shape index (κ3) is 4.09. The predicted octanol–water partition coefficient (Wildman–Crippen LogP) is 3.87. The Balaban J connectivity index is 1.53. The van der Waals surface area contributed by atoms with E-state index in [0.29, 0.717) is 29.0 Å². The molecule has 0 fully saturated rings. The van der Waals surface area contributed by atoms with Crippen LogP contribution in [0.4, 0.5) is 0 Å². The van der Waals surface area contributed by atoms with Gasteiger partial charge in [-0.25, -0.2) is 14.5 Å². The van der Waals surface area contributed by atoms with Crippen LogP contribution in [0, 0.1) is 13.8 Å². The number of aromatic amines is 1. The molecule has 142 valence electrons. The van der Waals surface area contributed by atoms with Crippen LogP contribution in [0.5, 0.6) is 5.75 Å². The molecule has 0 bridgehead atoms. The van der Waals surface area contributed by atoms with E-state index in [9.17, 15) is 4.79 Å². The quantitative estimate of drug-likeness (QED) is 0.398. The minimum atomic E-state index is -0.201. The predicted molar refractivity (Wildman–Crippen MR) is 111 cm³/mol. The van der Waals surface area contributed by atoms with Crippen LogP contribution in [0.25, 0.3) is 17.0 Å². The summed E-state index contributed by atoms with van der Waals surface area (Å²) >= 11 is 1.52. The molecule has 2 heterocycles. The molecule has 0 saturated carbocycles.